The lowest BCUT2D eigenvalue weighted by molar-refractivity contribution is -0.113. The molecule has 5 nitrogen and oxygen atoms in total. The van der Waals surface area contributed by atoms with E-state index in [9.17, 15) is 4.79 Å². The lowest BCUT2D eigenvalue weighted by Gasteiger charge is -2.15. The van der Waals surface area contributed by atoms with E-state index in [1.54, 1.807) is 18.0 Å². The zero-order valence-corrected chi connectivity index (χ0v) is 15.3. The average Bonchev–Trinajstić information content (AvgIpc) is 3.02. The van der Waals surface area contributed by atoms with Crippen molar-refractivity contribution in [3.8, 4) is 5.75 Å². The van der Waals surface area contributed by atoms with Crippen LogP contribution in [0, 0.1) is 0 Å². The van der Waals surface area contributed by atoms with E-state index >= 15 is 0 Å². The average molecular weight is 386 g/mol. The van der Waals surface area contributed by atoms with Gasteiger partial charge in [-0.3, -0.25) is 9.89 Å². The highest BCUT2D eigenvalue weighted by Crippen LogP contribution is 2.41. The van der Waals surface area contributed by atoms with Gasteiger partial charge in [-0.25, -0.2) is 0 Å². The molecule has 132 valence electrons. The Morgan fingerprint density at radius 2 is 2.12 bits per heavy atom. The number of thioether (sulfide) groups is 1. The quantitative estimate of drug-likeness (QED) is 0.697. The number of rotatable bonds is 4. The lowest BCUT2D eigenvalue weighted by atomic mass is 10.1. The molecule has 0 aliphatic carbocycles. The largest absolute Gasteiger partial charge is 0.489 e. The van der Waals surface area contributed by atoms with Crippen LogP contribution < -0.4 is 10.1 Å². The molecule has 0 radical (unpaired) electrons. The van der Waals surface area contributed by atoms with Gasteiger partial charge < -0.3 is 10.1 Å². The first-order valence-electron chi connectivity index (χ1n) is 8.11. The fraction of sp³-hybridized carbons (Fsp3) is 0.158. The van der Waals surface area contributed by atoms with Crippen LogP contribution in [0.15, 0.2) is 54.7 Å². The Bertz CT molecular complexity index is 944. The molecule has 1 aliphatic rings. The minimum absolute atomic E-state index is 0.0115. The molecular weight excluding hydrogens is 370 g/mol. The van der Waals surface area contributed by atoms with Crippen molar-refractivity contribution in [3.05, 3.63) is 76.4 Å². The number of halogens is 1. The lowest BCUT2D eigenvalue weighted by Crippen LogP contribution is -2.12. The molecule has 1 aliphatic heterocycles. The van der Waals surface area contributed by atoms with Crippen molar-refractivity contribution in [2.45, 2.75) is 11.9 Å². The summed E-state index contributed by atoms with van der Waals surface area (Å²) in [4.78, 5) is 11.9. The summed E-state index contributed by atoms with van der Waals surface area (Å²) in [6.45, 7) is 0.443. The van der Waals surface area contributed by atoms with Gasteiger partial charge in [0.25, 0.3) is 0 Å². The molecular formula is C19H16ClN3O2S. The fourth-order valence-corrected chi connectivity index (χ4v) is 4.16. The molecule has 2 aromatic carbocycles. The second-order valence-electron chi connectivity index (χ2n) is 5.93. The molecule has 0 fully saturated rings. The van der Waals surface area contributed by atoms with Gasteiger partial charge in [0, 0.05) is 10.6 Å². The number of nitrogens with zero attached hydrogens (tertiary/aromatic N) is 1. The maximum absolute atomic E-state index is 11.9. The third kappa shape index (κ3) is 3.71. The topological polar surface area (TPSA) is 67.0 Å². The SMILES string of the molecule is O=C1CSC(c2cccc(OCc3cccc(Cl)c3)c2)c2cn[nH]c2N1. The van der Waals surface area contributed by atoms with Gasteiger partial charge >= 0.3 is 0 Å². The summed E-state index contributed by atoms with van der Waals surface area (Å²) in [5.41, 5.74) is 3.05. The number of hydrogen-bond acceptors (Lipinski definition) is 4. The summed E-state index contributed by atoms with van der Waals surface area (Å²) < 4.78 is 5.93. The first-order chi connectivity index (χ1) is 12.7. The van der Waals surface area contributed by atoms with Gasteiger partial charge in [-0.2, -0.15) is 5.10 Å². The zero-order valence-electron chi connectivity index (χ0n) is 13.7. The van der Waals surface area contributed by atoms with Gasteiger partial charge in [0.1, 0.15) is 18.2 Å². The van der Waals surface area contributed by atoms with Crippen molar-refractivity contribution in [1.82, 2.24) is 10.2 Å². The van der Waals surface area contributed by atoms with Crippen molar-refractivity contribution in [2.75, 3.05) is 11.1 Å². The van der Waals surface area contributed by atoms with Crippen LogP contribution in [0.4, 0.5) is 5.82 Å². The summed E-state index contributed by atoms with van der Waals surface area (Å²) in [5, 5.41) is 10.5. The molecule has 0 saturated carbocycles. The smallest absolute Gasteiger partial charge is 0.235 e. The Kier molecular flexibility index (Phi) is 4.86. The monoisotopic (exact) mass is 385 g/mol. The normalized spacial score (nSPS) is 16.5. The van der Waals surface area contributed by atoms with E-state index in [0.717, 1.165) is 22.4 Å². The van der Waals surface area contributed by atoms with Gasteiger partial charge in [0.15, 0.2) is 0 Å². The predicted molar refractivity (Wildman–Crippen MR) is 104 cm³/mol. The van der Waals surface area contributed by atoms with Gasteiger partial charge in [0.05, 0.1) is 17.2 Å². The van der Waals surface area contributed by atoms with Crippen molar-refractivity contribution >= 4 is 35.1 Å². The molecule has 1 aromatic heterocycles. The van der Waals surface area contributed by atoms with Crippen molar-refractivity contribution in [1.29, 1.82) is 0 Å². The van der Waals surface area contributed by atoms with Gasteiger partial charge in [0.2, 0.25) is 5.91 Å². The second-order valence-corrected chi connectivity index (χ2v) is 7.46. The molecule has 2 heterocycles. The number of benzene rings is 2. The number of ether oxygens (including phenoxy) is 1. The van der Waals surface area contributed by atoms with Crippen molar-refractivity contribution in [3.63, 3.8) is 0 Å². The van der Waals surface area contributed by atoms with Crippen LogP contribution in [-0.4, -0.2) is 21.9 Å². The Balaban J connectivity index is 1.55. The number of nitrogens with one attached hydrogen (secondary N) is 2. The highest BCUT2D eigenvalue weighted by molar-refractivity contribution is 8.00. The second kappa shape index (κ2) is 7.43. The fourth-order valence-electron chi connectivity index (χ4n) is 2.86. The number of H-pyrrole nitrogens is 1. The number of amides is 1. The number of fused-ring (bicyclic) bond motifs is 1. The molecule has 0 saturated heterocycles. The zero-order chi connectivity index (χ0) is 17.9. The van der Waals surface area contributed by atoms with Crippen LogP contribution in [0.5, 0.6) is 5.75 Å². The van der Waals surface area contributed by atoms with E-state index in [-0.39, 0.29) is 11.2 Å². The van der Waals surface area contributed by atoms with Crippen LogP contribution in [0.1, 0.15) is 21.9 Å². The van der Waals surface area contributed by atoms with Crippen molar-refractivity contribution < 1.29 is 9.53 Å². The highest BCUT2D eigenvalue weighted by Gasteiger charge is 2.25. The van der Waals surface area contributed by atoms with E-state index in [1.165, 1.54) is 0 Å². The minimum Gasteiger partial charge on any atom is -0.489 e. The summed E-state index contributed by atoms with van der Waals surface area (Å²) >= 11 is 7.59. The van der Waals surface area contributed by atoms with E-state index in [0.29, 0.717) is 23.2 Å². The molecule has 1 amide bonds. The van der Waals surface area contributed by atoms with Gasteiger partial charge in [-0.15, -0.1) is 11.8 Å². The van der Waals surface area contributed by atoms with E-state index in [4.69, 9.17) is 16.3 Å². The van der Waals surface area contributed by atoms with E-state index in [1.807, 2.05) is 48.5 Å². The highest BCUT2D eigenvalue weighted by atomic mass is 35.5. The number of hydrogen-bond donors (Lipinski definition) is 2. The van der Waals surface area contributed by atoms with Crippen LogP contribution in [0.2, 0.25) is 5.02 Å². The van der Waals surface area contributed by atoms with Gasteiger partial charge in [-0.1, -0.05) is 35.9 Å². The molecule has 1 unspecified atom stereocenters. The summed E-state index contributed by atoms with van der Waals surface area (Å²) in [6.07, 6.45) is 1.76. The van der Waals surface area contributed by atoms with Crippen LogP contribution in [0.3, 0.4) is 0 Å². The summed E-state index contributed by atoms with van der Waals surface area (Å²) in [6, 6.07) is 15.5. The number of carbonyl (C=O) groups excluding carboxylic acids is 1. The summed E-state index contributed by atoms with van der Waals surface area (Å²) in [5.74, 6) is 1.80. The maximum Gasteiger partial charge on any atom is 0.235 e. The number of carbonyl (C=O) groups is 1. The van der Waals surface area contributed by atoms with E-state index in [2.05, 4.69) is 15.5 Å². The third-order valence-electron chi connectivity index (χ3n) is 4.05. The molecule has 26 heavy (non-hydrogen) atoms. The maximum atomic E-state index is 11.9. The van der Waals surface area contributed by atoms with Crippen LogP contribution in [0.25, 0.3) is 0 Å². The molecule has 1 atom stereocenters. The Hall–Kier alpha value is -2.44. The van der Waals surface area contributed by atoms with Crippen LogP contribution >= 0.6 is 23.4 Å². The Labute approximate surface area is 160 Å². The first-order valence-corrected chi connectivity index (χ1v) is 9.53. The first kappa shape index (κ1) is 17.0. The Morgan fingerprint density at radius 3 is 3.00 bits per heavy atom. The number of aromatic nitrogens is 2. The predicted octanol–water partition coefficient (Wildman–Crippen LogP) is 4.42. The van der Waals surface area contributed by atoms with Gasteiger partial charge in [-0.05, 0) is 35.4 Å². The number of anilines is 1. The molecule has 7 heteroatoms. The summed E-state index contributed by atoms with van der Waals surface area (Å²) in [7, 11) is 0. The third-order valence-corrected chi connectivity index (χ3v) is 5.58. The van der Waals surface area contributed by atoms with E-state index < -0.39 is 0 Å². The number of aromatic amines is 1. The van der Waals surface area contributed by atoms with Crippen LogP contribution in [-0.2, 0) is 11.4 Å². The Morgan fingerprint density at radius 1 is 1.23 bits per heavy atom. The molecule has 0 spiro atoms. The molecule has 2 N–H and O–H groups in total. The standard InChI is InChI=1S/C19H16ClN3O2S/c20-14-5-1-3-12(7-14)10-25-15-6-2-4-13(8-15)18-16-9-21-23-19(16)22-17(24)11-26-18/h1-9,18H,10-11H2,(H2,21,22,23,24). The minimum atomic E-state index is -0.0311. The molecule has 3 aromatic rings. The molecule has 0 bridgehead atoms. The molecule has 4 rings (SSSR count). The van der Waals surface area contributed by atoms with Crippen molar-refractivity contribution in [2.24, 2.45) is 0 Å².